The number of rotatable bonds is 7. The Labute approximate surface area is 192 Å². The third kappa shape index (κ3) is 5.88. The van der Waals surface area contributed by atoms with Gasteiger partial charge in [0.15, 0.2) is 0 Å². The molecule has 10 nitrogen and oxygen atoms in total. The summed E-state index contributed by atoms with van der Waals surface area (Å²) in [5, 5.41) is 8.68. The van der Waals surface area contributed by atoms with Gasteiger partial charge in [0.2, 0.25) is 5.09 Å². The number of benzene rings is 2. The van der Waals surface area contributed by atoms with E-state index in [0.29, 0.717) is 17.2 Å². The molecule has 2 aromatic carbocycles. The number of aryl methyl sites for hydroxylation is 1. The highest BCUT2D eigenvalue weighted by molar-refractivity contribution is 7.89. The second kappa shape index (κ2) is 9.65. The van der Waals surface area contributed by atoms with Crippen LogP contribution in [-0.4, -0.2) is 26.7 Å². The fourth-order valence-electron chi connectivity index (χ4n) is 2.86. The average Bonchev–Trinajstić information content (AvgIpc) is 3.14. The number of fused-ring (bicyclic) bond motifs is 1. The molecule has 0 amide bonds. The predicted molar refractivity (Wildman–Crippen MR) is 114 cm³/mol. The Morgan fingerprint density at radius 1 is 1.24 bits per heavy atom. The van der Waals surface area contributed by atoms with Gasteiger partial charge < -0.3 is 24.7 Å². The second-order valence-electron chi connectivity index (χ2n) is 6.78. The van der Waals surface area contributed by atoms with Crippen molar-refractivity contribution in [1.29, 1.82) is 5.26 Å². The topological polar surface area (TPSA) is 174 Å². The molecular weight excluding hydrogens is 502 g/mol. The van der Waals surface area contributed by atoms with Crippen LogP contribution in [0.3, 0.4) is 0 Å². The molecule has 0 aliphatic carbocycles. The van der Waals surface area contributed by atoms with Crippen LogP contribution in [0.2, 0.25) is 0 Å². The summed E-state index contributed by atoms with van der Waals surface area (Å²) in [5.74, 6) is -0.208. The summed E-state index contributed by atoms with van der Waals surface area (Å²) in [5.41, 5.74) is -1.16. The van der Waals surface area contributed by atoms with Crippen LogP contribution in [0.15, 0.2) is 45.9 Å². The molecule has 1 aromatic heterocycles. The normalized spacial score (nSPS) is 13.6. The largest absolute Gasteiger partial charge is 0.496 e. The number of sulfonamides is 1. The van der Waals surface area contributed by atoms with Crippen LogP contribution in [0.1, 0.15) is 16.7 Å². The van der Waals surface area contributed by atoms with Crippen molar-refractivity contribution in [2.45, 2.75) is 18.2 Å². The van der Waals surface area contributed by atoms with E-state index < -0.39 is 52.0 Å². The minimum atomic E-state index is -4.91. The number of nitriles is 1. The molecule has 1 atom stereocenters. The van der Waals surface area contributed by atoms with Crippen LogP contribution in [0, 0.1) is 18.3 Å². The van der Waals surface area contributed by atoms with Gasteiger partial charge in [0.1, 0.15) is 23.4 Å². The van der Waals surface area contributed by atoms with E-state index in [9.17, 15) is 31.0 Å². The fourth-order valence-corrected chi connectivity index (χ4v) is 5.32. The standard InChI is InChI=1S/C19H16F3N2O7PS.H3N/c1-11-5-13-6-18(30-17(13)8-16(11)29-2)33(27,28)24-10-32(25,26)31-14-4-3-12(9-23)15(7-14)19(20,21)22;/h3-8,24H,10H2,1-2H3,(H,25,26);1H3. The molecule has 1 unspecified atom stereocenters. The molecule has 5 N–H and O–H groups in total. The summed E-state index contributed by atoms with van der Waals surface area (Å²) >= 11 is 0. The van der Waals surface area contributed by atoms with Gasteiger partial charge in [0.05, 0.1) is 24.3 Å². The number of nitrogens with zero attached hydrogens (tertiary/aromatic N) is 1. The Balaban J connectivity index is 0.00000408. The molecule has 1 heterocycles. The highest BCUT2D eigenvalue weighted by Crippen LogP contribution is 2.44. The number of nitrogens with one attached hydrogen (secondary N) is 1. The van der Waals surface area contributed by atoms with Crippen LogP contribution in [0.25, 0.3) is 11.0 Å². The number of furan rings is 1. The lowest BCUT2D eigenvalue weighted by Gasteiger charge is -2.16. The lowest BCUT2D eigenvalue weighted by Crippen LogP contribution is -2.25. The van der Waals surface area contributed by atoms with Crippen molar-refractivity contribution in [2.24, 2.45) is 0 Å². The zero-order valence-electron chi connectivity index (χ0n) is 17.7. The highest BCUT2D eigenvalue weighted by atomic mass is 32.2. The van der Waals surface area contributed by atoms with Gasteiger partial charge in [0, 0.05) is 17.5 Å². The Morgan fingerprint density at radius 3 is 2.50 bits per heavy atom. The van der Waals surface area contributed by atoms with Crippen molar-refractivity contribution in [3.63, 3.8) is 0 Å². The SMILES string of the molecule is COc1cc2oc(S(=O)(=O)NCP(=O)(O)Oc3ccc(C#N)c(C(F)(F)F)c3)cc2cc1C.N. The second-order valence-corrected chi connectivity index (χ2v) is 10.2. The first-order chi connectivity index (χ1) is 15.3. The van der Waals surface area contributed by atoms with E-state index in [1.54, 1.807) is 13.0 Å². The summed E-state index contributed by atoms with van der Waals surface area (Å²) in [4.78, 5) is 9.96. The van der Waals surface area contributed by atoms with Gasteiger partial charge in [-0.1, -0.05) is 0 Å². The summed E-state index contributed by atoms with van der Waals surface area (Å²) < 4.78 is 93.4. The minimum Gasteiger partial charge on any atom is -0.496 e. The van der Waals surface area contributed by atoms with Gasteiger partial charge in [-0.05, 0) is 36.8 Å². The fraction of sp³-hybridized carbons (Fsp3) is 0.211. The Bertz CT molecular complexity index is 1410. The van der Waals surface area contributed by atoms with Crippen LogP contribution in [-0.2, 0) is 20.8 Å². The smallest absolute Gasteiger partial charge is 0.417 e. The van der Waals surface area contributed by atoms with Crippen molar-refractivity contribution in [3.05, 3.63) is 53.1 Å². The molecule has 0 aliphatic rings. The van der Waals surface area contributed by atoms with Gasteiger partial charge >= 0.3 is 13.8 Å². The van der Waals surface area contributed by atoms with Crippen LogP contribution >= 0.6 is 7.60 Å². The van der Waals surface area contributed by atoms with E-state index >= 15 is 0 Å². The van der Waals surface area contributed by atoms with E-state index in [1.165, 1.54) is 25.3 Å². The quantitative estimate of drug-likeness (QED) is 0.383. The molecule has 15 heteroatoms. The molecular formula is C19H19F3N3O7PS. The van der Waals surface area contributed by atoms with E-state index in [4.69, 9.17) is 18.9 Å². The molecule has 3 rings (SSSR count). The maximum atomic E-state index is 13.1. The third-order valence-electron chi connectivity index (χ3n) is 4.40. The van der Waals surface area contributed by atoms with Crippen LogP contribution < -0.4 is 20.1 Å². The van der Waals surface area contributed by atoms with Crippen molar-refractivity contribution < 1.29 is 44.7 Å². The molecule has 0 radical (unpaired) electrons. The Hall–Kier alpha value is -3.08. The Morgan fingerprint density at radius 2 is 1.91 bits per heavy atom. The first kappa shape index (κ1) is 27.2. The van der Waals surface area contributed by atoms with Crippen LogP contribution in [0.4, 0.5) is 13.2 Å². The summed E-state index contributed by atoms with van der Waals surface area (Å²) in [6.07, 6.45) is -6.07. The first-order valence-electron chi connectivity index (χ1n) is 8.96. The van der Waals surface area contributed by atoms with Crippen molar-refractivity contribution in [2.75, 3.05) is 13.4 Å². The van der Waals surface area contributed by atoms with Gasteiger partial charge in [-0.3, -0.25) is 0 Å². The predicted octanol–water partition coefficient (Wildman–Crippen LogP) is 4.30. The molecule has 184 valence electrons. The van der Waals surface area contributed by atoms with E-state index in [-0.39, 0.29) is 11.7 Å². The van der Waals surface area contributed by atoms with Crippen LogP contribution in [0.5, 0.6) is 11.5 Å². The number of halogens is 3. The number of alkyl halides is 3. The number of hydrogen-bond acceptors (Lipinski definition) is 8. The lowest BCUT2D eigenvalue weighted by molar-refractivity contribution is -0.137. The van der Waals surface area contributed by atoms with Gasteiger partial charge in [0.25, 0.3) is 10.0 Å². The molecule has 3 aromatic rings. The number of methoxy groups -OCH3 is 1. The zero-order chi connectivity index (χ0) is 24.6. The number of ether oxygens (including phenoxy) is 1. The van der Waals surface area contributed by atoms with E-state index in [0.717, 1.165) is 17.7 Å². The minimum absolute atomic E-state index is 0. The molecule has 0 saturated carbocycles. The highest BCUT2D eigenvalue weighted by Gasteiger charge is 2.35. The van der Waals surface area contributed by atoms with Gasteiger partial charge in [-0.15, -0.1) is 0 Å². The molecule has 0 fully saturated rings. The lowest BCUT2D eigenvalue weighted by atomic mass is 10.1. The average molecular weight is 521 g/mol. The van der Waals surface area contributed by atoms with E-state index in [2.05, 4.69) is 0 Å². The number of hydrogen-bond donors (Lipinski definition) is 3. The molecule has 0 spiro atoms. The first-order valence-corrected chi connectivity index (χ1v) is 12.2. The van der Waals surface area contributed by atoms with Gasteiger partial charge in [-0.25, -0.2) is 13.0 Å². The maximum Gasteiger partial charge on any atom is 0.417 e. The summed E-state index contributed by atoms with van der Waals surface area (Å²) in [7, 11) is -7.77. The van der Waals surface area contributed by atoms with Gasteiger partial charge in [-0.2, -0.15) is 23.2 Å². The molecule has 0 bridgehead atoms. The van der Waals surface area contributed by atoms with Crippen molar-refractivity contribution >= 4 is 28.6 Å². The summed E-state index contributed by atoms with van der Waals surface area (Å²) in [6.45, 7) is 1.74. The summed E-state index contributed by atoms with van der Waals surface area (Å²) in [6, 6.07) is 7.70. The van der Waals surface area contributed by atoms with E-state index in [1.807, 2.05) is 4.72 Å². The Kier molecular flexibility index (Phi) is 7.71. The maximum absolute atomic E-state index is 13.1. The molecule has 0 aliphatic heterocycles. The van der Waals surface area contributed by atoms with Crippen molar-refractivity contribution in [3.8, 4) is 17.6 Å². The molecule has 34 heavy (non-hydrogen) atoms. The monoisotopic (exact) mass is 521 g/mol. The molecule has 0 saturated heterocycles. The zero-order valence-corrected chi connectivity index (χ0v) is 19.4. The third-order valence-corrected chi connectivity index (χ3v) is 6.92. The van der Waals surface area contributed by atoms with Crippen molar-refractivity contribution in [1.82, 2.24) is 10.9 Å².